The van der Waals surface area contributed by atoms with Gasteiger partial charge < -0.3 is 15.0 Å². The number of likely N-dealkylation sites (tertiary alicyclic amines) is 1. The van der Waals surface area contributed by atoms with E-state index in [1.807, 2.05) is 30.1 Å². The van der Waals surface area contributed by atoms with Gasteiger partial charge in [0.05, 0.1) is 12.7 Å². The summed E-state index contributed by atoms with van der Waals surface area (Å²) >= 11 is 3.39. The Hall–Kier alpha value is -0.780. The van der Waals surface area contributed by atoms with E-state index in [-0.39, 0.29) is 18.3 Å². The summed E-state index contributed by atoms with van der Waals surface area (Å²) in [6.07, 6.45) is 1.06. The number of carbonyl (C=O) groups excluding carboxylic acids is 1. The van der Waals surface area contributed by atoms with Crippen LogP contribution in [0, 0.1) is 5.92 Å². The summed E-state index contributed by atoms with van der Waals surface area (Å²) in [7, 11) is 3.54. The van der Waals surface area contributed by atoms with E-state index in [0.29, 0.717) is 17.2 Å². The molecule has 1 saturated heterocycles. The molecule has 2 rings (SSSR count). The number of amides is 1. The topological polar surface area (TPSA) is 41.6 Å². The Morgan fingerprint density at radius 1 is 1.55 bits per heavy atom. The molecule has 6 heteroatoms. The second kappa shape index (κ2) is 7.86. The maximum absolute atomic E-state index is 12.5. The van der Waals surface area contributed by atoms with Gasteiger partial charge in [-0.15, -0.1) is 12.4 Å². The van der Waals surface area contributed by atoms with Crippen LogP contribution in [0.3, 0.4) is 0 Å². The minimum absolute atomic E-state index is 0. The van der Waals surface area contributed by atoms with Crippen molar-refractivity contribution in [3.8, 4) is 5.75 Å². The third kappa shape index (κ3) is 3.87. The van der Waals surface area contributed by atoms with Gasteiger partial charge >= 0.3 is 0 Å². The second-order valence-corrected chi connectivity index (χ2v) is 5.72. The van der Waals surface area contributed by atoms with Gasteiger partial charge in [0, 0.05) is 17.6 Å². The first-order chi connectivity index (χ1) is 9.15. The van der Waals surface area contributed by atoms with Gasteiger partial charge in [-0.1, -0.05) is 15.9 Å². The van der Waals surface area contributed by atoms with Crippen LogP contribution in [0.2, 0.25) is 0 Å². The summed E-state index contributed by atoms with van der Waals surface area (Å²) in [6.45, 7) is 2.60. The molecule has 0 aliphatic carbocycles. The Kier molecular flexibility index (Phi) is 6.79. The van der Waals surface area contributed by atoms with Crippen LogP contribution in [0.4, 0.5) is 0 Å². The largest absolute Gasteiger partial charge is 0.496 e. The number of rotatable bonds is 4. The molecule has 0 spiro atoms. The van der Waals surface area contributed by atoms with Crippen LogP contribution in [-0.4, -0.2) is 44.6 Å². The summed E-state index contributed by atoms with van der Waals surface area (Å²) in [4.78, 5) is 14.4. The maximum Gasteiger partial charge on any atom is 0.257 e. The Bertz CT molecular complexity index is 470. The molecule has 1 aliphatic heterocycles. The lowest BCUT2D eigenvalue weighted by molar-refractivity contribution is 0.0784. The summed E-state index contributed by atoms with van der Waals surface area (Å²) in [5.41, 5.74) is 0.635. The highest BCUT2D eigenvalue weighted by Gasteiger charge is 2.27. The van der Waals surface area contributed by atoms with Crippen molar-refractivity contribution in [3.05, 3.63) is 28.2 Å². The zero-order valence-electron chi connectivity index (χ0n) is 11.7. The first-order valence-corrected chi connectivity index (χ1v) is 7.22. The molecule has 1 fully saturated rings. The molecule has 1 unspecified atom stereocenters. The molecule has 1 aliphatic rings. The van der Waals surface area contributed by atoms with E-state index in [4.69, 9.17) is 4.74 Å². The standard InChI is InChI=1S/C14H19BrN2O2.ClH/c1-16-8-10-5-6-17(9-10)14(18)12-4-3-11(15)7-13(12)19-2;/h3-4,7,10,16H,5-6,8-9H2,1-2H3;1H. The third-order valence-corrected chi connectivity index (χ3v) is 3.95. The SMILES string of the molecule is CNCC1CCN(C(=O)c2ccc(Br)cc2OC)C1.Cl. The first kappa shape index (κ1) is 17.3. The van der Waals surface area contributed by atoms with E-state index in [0.717, 1.165) is 30.5 Å². The Labute approximate surface area is 134 Å². The van der Waals surface area contributed by atoms with Crippen molar-refractivity contribution in [2.75, 3.05) is 33.8 Å². The molecule has 0 aromatic heterocycles. The fourth-order valence-electron chi connectivity index (χ4n) is 2.48. The van der Waals surface area contributed by atoms with Gasteiger partial charge in [-0.3, -0.25) is 4.79 Å². The number of carbonyl (C=O) groups is 1. The summed E-state index contributed by atoms with van der Waals surface area (Å²) in [6, 6.07) is 5.52. The Morgan fingerprint density at radius 2 is 2.30 bits per heavy atom. The number of hydrogen-bond donors (Lipinski definition) is 1. The van der Waals surface area contributed by atoms with Crippen LogP contribution < -0.4 is 10.1 Å². The van der Waals surface area contributed by atoms with Gasteiger partial charge in [-0.25, -0.2) is 0 Å². The molecule has 0 saturated carbocycles. The second-order valence-electron chi connectivity index (χ2n) is 4.81. The molecular formula is C14H20BrClN2O2. The number of halogens is 2. The molecule has 1 heterocycles. The van der Waals surface area contributed by atoms with Crippen LogP contribution in [-0.2, 0) is 0 Å². The van der Waals surface area contributed by atoms with Crippen molar-refractivity contribution in [1.82, 2.24) is 10.2 Å². The van der Waals surface area contributed by atoms with Crippen molar-refractivity contribution in [2.45, 2.75) is 6.42 Å². The summed E-state index contributed by atoms with van der Waals surface area (Å²) in [5, 5.41) is 3.17. The Balaban J connectivity index is 0.00000200. The molecule has 4 nitrogen and oxygen atoms in total. The minimum atomic E-state index is 0. The van der Waals surface area contributed by atoms with E-state index in [1.165, 1.54) is 0 Å². The van der Waals surface area contributed by atoms with Gasteiger partial charge in [0.15, 0.2) is 0 Å². The number of nitrogens with one attached hydrogen (secondary N) is 1. The van der Waals surface area contributed by atoms with Gasteiger partial charge in [-0.05, 0) is 44.1 Å². The van der Waals surface area contributed by atoms with Gasteiger partial charge in [-0.2, -0.15) is 0 Å². The highest BCUT2D eigenvalue weighted by molar-refractivity contribution is 9.10. The molecule has 1 atom stereocenters. The number of nitrogens with zero attached hydrogens (tertiary/aromatic N) is 1. The normalized spacial score (nSPS) is 17.8. The zero-order chi connectivity index (χ0) is 13.8. The lowest BCUT2D eigenvalue weighted by Gasteiger charge is -2.18. The number of ether oxygens (including phenoxy) is 1. The van der Waals surface area contributed by atoms with Crippen LogP contribution in [0.25, 0.3) is 0 Å². The summed E-state index contributed by atoms with van der Waals surface area (Å²) < 4.78 is 6.20. The number of methoxy groups -OCH3 is 1. The fourth-order valence-corrected chi connectivity index (χ4v) is 2.82. The highest BCUT2D eigenvalue weighted by atomic mass is 79.9. The lowest BCUT2D eigenvalue weighted by atomic mass is 10.1. The average molecular weight is 364 g/mol. The quantitative estimate of drug-likeness (QED) is 0.894. The third-order valence-electron chi connectivity index (χ3n) is 3.46. The van der Waals surface area contributed by atoms with Crippen molar-refractivity contribution in [3.63, 3.8) is 0 Å². The van der Waals surface area contributed by atoms with Crippen LogP contribution in [0.15, 0.2) is 22.7 Å². The monoisotopic (exact) mass is 362 g/mol. The van der Waals surface area contributed by atoms with Crippen LogP contribution in [0.5, 0.6) is 5.75 Å². The van der Waals surface area contributed by atoms with E-state index in [2.05, 4.69) is 21.2 Å². The maximum atomic E-state index is 12.5. The molecule has 1 aromatic rings. The zero-order valence-corrected chi connectivity index (χ0v) is 14.1. The van der Waals surface area contributed by atoms with E-state index >= 15 is 0 Å². The molecule has 1 amide bonds. The van der Waals surface area contributed by atoms with Crippen molar-refractivity contribution in [1.29, 1.82) is 0 Å². The van der Waals surface area contributed by atoms with E-state index in [9.17, 15) is 4.79 Å². The minimum Gasteiger partial charge on any atom is -0.496 e. The van der Waals surface area contributed by atoms with Crippen molar-refractivity contribution < 1.29 is 9.53 Å². The fraction of sp³-hybridized carbons (Fsp3) is 0.500. The molecule has 0 radical (unpaired) electrons. The average Bonchev–Trinajstić information content (AvgIpc) is 2.87. The van der Waals surface area contributed by atoms with Gasteiger partial charge in [0.1, 0.15) is 5.75 Å². The van der Waals surface area contributed by atoms with E-state index in [1.54, 1.807) is 7.11 Å². The Morgan fingerprint density at radius 3 is 2.95 bits per heavy atom. The molecule has 1 N–H and O–H groups in total. The molecule has 1 aromatic carbocycles. The highest BCUT2D eigenvalue weighted by Crippen LogP contribution is 2.26. The number of hydrogen-bond acceptors (Lipinski definition) is 3. The predicted octanol–water partition coefficient (Wildman–Crippen LogP) is 2.56. The molecule has 20 heavy (non-hydrogen) atoms. The number of benzene rings is 1. The lowest BCUT2D eigenvalue weighted by Crippen LogP contribution is -2.30. The molecular weight excluding hydrogens is 344 g/mol. The smallest absolute Gasteiger partial charge is 0.257 e. The van der Waals surface area contributed by atoms with Gasteiger partial charge in [0.2, 0.25) is 0 Å². The molecule has 112 valence electrons. The van der Waals surface area contributed by atoms with Crippen molar-refractivity contribution in [2.24, 2.45) is 5.92 Å². The van der Waals surface area contributed by atoms with Crippen molar-refractivity contribution >= 4 is 34.2 Å². The van der Waals surface area contributed by atoms with Gasteiger partial charge in [0.25, 0.3) is 5.91 Å². The van der Waals surface area contributed by atoms with Crippen LogP contribution in [0.1, 0.15) is 16.8 Å². The predicted molar refractivity (Wildman–Crippen MR) is 85.9 cm³/mol. The van der Waals surface area contributed by atoms with Crippen LogP contribution >= 0.6 is 28.3 Å². The van der Waals surface area contributed by atoms with E-state index < -0.39 is 0 Å². The summed E-state index contributed by atoms with van der Waals surface area (Å²) in [5.74, 6) is 1.23. The first-order valence-electron chi connectivity index (χ1n) is 6.43. The molecule has 0 bridgehead atoms.